The van der Waals surface area contributed by atoms with Crippen LogP contribution in [0, 0.1) is 5.92 Å². The molecule has 10 heteroatoms. The molecular formula is C30H33N3O7. The molecule has 0 amide bonds. The highest BCUT2D eigenvalue weighted by atomic mass is 16.6. The molecular weight excluding hydrogens is 514 g/mol. The fourth-order valence-electron chi connectivity index (χ4n) is 5.66. The number of Topliss-reactive ketones (excluding diaryl/α,β-unsaturated/α-hetero) is 1. The molecule has 2 aliphatic rings. The lowest BCUT2D eigenvalue weighted by Gasteiger charge is -2.36. The van der Waals surface area contributed by atoms with E-state index in [1.54, 1.807) is 56.7 Å². The van der Waals surface area contributed by atoms with Crippen LogP contribution in [-0.2, 0) is 49.0 Å². The van der Waals surface area contributed by atoms with Crippen LogP contribution in [0.3, 0.4) is 0 Å². The molecule has 0 saturated carbocycles. The number of hydrogen-bond donors (Lipinski definition) is 1. The van der Waals surface area contributed by atoms with Gasteiger partial charge < -0.3 is 19.1 Å². The van der Waals surface area contributed by atoms with E-state index >= 15 is 0 Å². The Balaban J connectivity index is 1.59. The van der Waals surface area contributed by atoms with Gasteiger partial charge in [0.15, 0.2) is 0 Å². The molecule has 0 unspecified atom stereocenters. The molecule has 0 radical (unpaired) electrons. The first kappa shape index (κ1) is 27.5. The number of rotatable bonds is 8. The number of ether oxygens (including phenoxy) is 2. The fourth-order valence-corrected chi connectivity index (χ4v) is 5.66. The molecule has 4 heterocycles. The van der Waals surface area contributed by atoms with Crippen molar-refractivity contribution in [1.29, 1.82) is 0 Å². The maximum absolute atomic E-state index is 13.8. The first-order valence-corrected chi connectivity index (χ1v) is 13.5. The van der Waals surface area contributed by atoms with E-state index in [9.17, 15) is 24.3 Å². The number of nitrogens with zero attached hydrogens (tertiary/aromatic N) is 3. The zero-order valence-corrected chi connectivity index (χ0v) is 23.4. The van der Waals surface area contributed by atoms with Gasteiger partial charge in [-0.25, -0.2) is 9.78 Å². The zero-order valence-electron chi connectivity index (χ0n) is 23.4. The Morgan fingerprint density at radius 2 is 1.93 bits per heavy atom. The minimum absolute atomic E-state index is 0.0214. The van der Waals surface area contributed by atoms with Crippen molar-refractivity contribution in [2.24, 2.45) is 5.92 Å². The van der Waals surface area contributed by atoms with Crippen molar-refractivity contribution in [2.45, 2.75) is 59.3 Å². The Labute approximate surface area is 231 Å². The van der Waals surface area contributed by atoms with Gasteiger partial charge in [0.1, 0.15) is 18.1 Å². The summed E-state index contributed by atoms with van der Waals surface area (Å²) in [4.78, 5) is 58.6. The van der Waals surface area contributed by atoms with Crippen molar-refractivity contribution in [3.8, 4) is 17.1 Å². The van der Waals surface area contributed by atoms with E-state index in [0.717, 1.165) is 16.5 Å². The number of carbonyl (C=O) groups excluding carboxylic acids is 3. The second kappa shape index (κ2) is 10.2. The highest BCUT2D eigenvalue weighted by Gasteiger charge is 2.50. The lowest BCUT2D eigenvalue weighted by molar-refractivity contribution is -0.190. The summed E-state index contributed by atoms with van der Waals surface area (Å²) in [5, 5.41) is 10.9. The lowest BCUT2D eigenvalue weighted by atomic mass is 9.85. The first-order valence-electron chi connectivity index (χ1n) is 13.5. The van der Waals surface area contributed by atoms with Crippen molar-refractivity contribution in [2.75, 3.05) is 20.1 Å². The van der Waals surface area contributed by atoms with Gasteiger partial charge in [-0.1, -0.05) is 27.7 Å². The molecule has 210 valence electrons. The van der Waals surface area contributed by atoms with Crippen molar-refractivity contribution in [1.82, 2.24) is 14.5 Å². The molecule has 1 atom stereocenters. The van der Waals surface area contributed by atoms with Crippen LogP contribution in [0.25, 0.3) is 22.3 Å². The molecule has 0 saturated heterocycles. The van der Waals surface area contributed by atoms with Gasteiger partial charge in [-0.3, -0.25) is 19.3 Å². The van der Waals surface area contributed by atoms with E-state index in [1.165, 1.54) is 4.90 Å². The van der Waals surface area contributed by atoms with E-state index in [4.69, 9.17) is 14.5 Å². The monoisotopic (exact) mass is 547 g/mol. The molecule has 1 aromatic carbocycles. The summed E-state index contributed by atoms with van der Waals surface area (Å²) < 4.78 is 12.9. The Kier molecular flexibility index (Phi) is 6.99. The number of ketones is 1. The summed E-state index contributed by atoms with van der Waals surface area (Å²) in [7, 11) is 1.63. The van der Waals surface area contributed by atoms with Crippen LogP contribution < -0.4 is 5.56 Å². The number of cyclic esters (lactones) is 1. The van der Waals surface area contributed by atoms with Crippen molar-refractivity contribution < 1.29 is 29.0 Å². The second-order valence-corrected chi connectivity index (χ2v) is 10.8. The normalized spacial score (nSPS) is 17.5. The van der Waals surface area contributed by atoms with E-state index in [0.29, 0.717) is 35.4 Å². The van der Waals surface area contributed by atoms with Crippen LogP contribution in [0.2, 0.25) is 0 Å². The van der Waals surface area contributed by atoms with Crippen molar-refractivity contribution in [3.05, 3.63) is 56.9 Å². The van der Waals surface area contributed by atoms with Crippen LogP contribution >= 0.6 is 0 Å². The third kappa shape index (κ3) is 4.36. The number of pyridine rings is 2. The maximum atomic E-state index is 13.8. The fraction of sp³-hybridized carbons (Fsp3) is 0.433. The van der Waals surface area contributed by atoms with E-state index in [-0.39, 0.29) is 54.7 Å². The van der Waals surface area contributed by atoms with Crippen LogP contribution in [0.15, 0.2) is 29.1 Å². The largest absolute Gasteiger partial charge is 0.508 e. The molecule has 5 rings (SSSR count). The first-order chi connectivity index (χ1) is 19.0. The number of phenols is 1. The molecule has 0 fully saturated rings. The van der Waals surface area contributed by atoms with Gasteiger partial charge >= 0.3 is 11.9 Å². The molecule has 2 aliphatic heterocycles. The zero-order chi connectivity index (χ0) is 28.9. The van der Waals surface area contributed by atoms with Crippen molar-refractivity contribution in [3.63, 3.8) is 0 Å². The number of hydrogen-bond acceptors (Lipinski definition) is 9. The van der Waals surface area contributed by atoms with E-state index < -0.39 is 17.5 Å². The predicted molar refractivity (Wildman–Crippen MR) is 147 cm³/mol. The van der Waals surface area contributed by atoms with Crippen LogP contribution in [-0.4, -0.2) is 57.4 Å². The van der Waals surface area contributed by atoms with E-state index in [2.05, 4.69) is 0 Å². The number of fused-ring (bicyclic) bond motifs is 5. The number of likely N-dealkylation sites (N-methyl/N-ethyl adjacent to an activating group) is 1. The average Bonchev–Trinajstić information content (AvgIpc) is 3.27. The van der Waals surface area contributed by atoms with Gasteiger partial charge in [-0.2, -0.15) is 0 Å². The topological polar surface area (TPSA) is 128 Å². The predicted octanol–water partition coefficient (Wildman–Crippen LogP) is 3.06. The molecule has 0 spiro atoms. The summed E-state index contributed by atoms with van der Waals surface area (Å²) in [5.41, 5.74) is 2.12. The summed E-state index contributed by atoms with van der Waals surface area (Å²) >= 11 is 0. The number of esters is 2. The van der Waals surface area contributed by atoms with Crippen LogP contribution in [0.5, 0.6) is 5.75 Å². The minimum Gasteiger partial charge on any atom is -0.508 e. The number of aromatic nitrogens is 2. The van der Waals surface area contributed by atoms with Crippen molar-refractivity contribution >= 4 is 28.6 Å². The standard InChI is InChI=1S/C30H33N3O7/c1-6-18-19-10-17(34)8-9-23(19)31-27-20(18)12-33-24(27)11-22-21(28(33)37)15-39-29(38)30(22,7-2)40-26(36)14-32(5)13-25(35)16(3)4/h8-11,16,34H,6-7,12-15H2,1-5H3/t30-/m0/s1. The molecule has 40 heavy (non-hydrogen) atoms. The Hall–Kier alpha value is -4.05. The molecule has 1 N–H and O–H groups in total. The second-order valence-electron chi connectivity index (χ2n) is 10.8. The van der Waals surface area contributed by atoms with Gasteiger partial charge in [0.2, 0.25) is 5.60 Å². The Morgan fingerprint density at radius 1 is 1.18 bits per heavy atom. The molecule has 0 bridgehead atoms. The Bertz CT molecular complexity index is 1620. The molecule has 10 nitrogen and oxygen atoms in total. The maximum Gasteiger partial charge on any atom is 0.355 e. The smallest absolute Gasteiger partial charge is 0.355 e. The Morgan fingerprint density at radius 3 is 2.60 bits per heavy atom. The molecule has 2 aromatic heterocycles. The highest BCUT2D eigenvalue weighted by molar-refractivity contribution is 5.91. The SMILES string of the molecule is CCc1c2c(nc3ccc(O)cc13)-c1cc3c(c(=O)n1C2)COC(=O)[C@@]3(CC)OC(=O)CN(C)CC(=O)C(C)C. The minimum atomic E-state index is -1.80. The average molecular weight is 548 g/mol. The number of aromatic hydroxyl groups is 1. The third-order valence-electron chi connectivity index (χ3n) is 7.87. The molecule has 3 aromatic rings. The molecule has 0 aliphatic carbocycles. The van der Waals surface area contributed by atoms with Crippen LogP contribution in [0.4, 0.5) is 0 Å². The summed E-state index contributed by atoms with van der Waals surface area (Å²) in [6.45, 7) is 7.20. The van der Waals surface area contributed by atoms with Gasteiger partial charge in [0, 0.05) is 22.4 Å². The summed E-state index contributed by atoms with van der Waals surface area (Å²) in [6, 6.07) is 6.71. The number of phenolic OH excluding ortho intramolecular Hbond substituents is 1. The van der Waals surface area contributed by atoms with Gasteiger partial charge in [0.25, 0.3) is 5.56 Å². The summed E-state index contributed by atoms with van der Waals surface area (Å²) in [6.07, 6.45) is 0.720. The lowest BCUT2D eigenvalue weighted by Crippen LogP contribution is -2.48. The van der Waals surface area contributed by atoms with Gasteiger partial charge in [-0.05, 0) is 49.7 Å². The van der Waals surface area contributed by atoms with Gasteiger partial charge in [0.05, 0.1) is 42.1 Å². The quantitative estimate of drug-likeness (QED) is 0.331. The van der Waals surface area contributed by atoms with Crippen LogP contribution in [0.1, 0.15) is 56.4 Å². The van der Waals surface area contributed by atoms with E-state index in [1.807, 2.05) is 6.92 Å². The van der Waals surface area contributed by atoms with Gasteiger partial charge in [-0.15, -0.1) is 0 Å². The number of aryl methyl sites for hydroxylation is 1. The number of benzene rings is 1. The summed E-state index contributed by atoms with van der Waals surface area (Å²) in [5.74, 6) is -1.51. The third-order valence-corrected chi connectivity index (χ3v) is 7.87. The number of carbonyl (C=O) groups is 3. The highest BCUT2D eigenvalue weighted by Crippen LogP contribution is 2.42.